The molecule has 0 amide bonds. The number of nitrogens with one attached hydrogen (secondary N) is 1. The predicted molar refractivity (Wildman–Crippen MR) is 70.0 cm³/mol. The zero-order chi connectivity index (χ0) is 14.0. The molecule has 0 aromatic heterocycles. The Labute approximate surface area is 111 Å². The molecule has 1 heterocycles. The number of carboxylic acids is 1. The number of hydrogen-bond donors (Lipinski definition) is 2. The zero-order valence-electron chi connectivity index (χ0n) is 11.1. The highest BCUT2D eigenvalue weighted by atomic mass is 19.1. The second-order valence-electron chi connectivity index (χ2n) is 5.41. The van der Waals surface area contributed by atoms with Crippen molar-refractivity contribution in [1.29, 1.82) is 0 Å². The van der Waals surface area contributed by atoms with E-state index in [1.165, 1.54) is 18.2 Å². The van der Waals surface area contributed by atoms with E-state index in [4.69, 9.17) is 9.84 Å². The van der Waals surface area contributed by atoms with E-state index in [1.807, 2.05) is 13.8 Å². The van der Waals surface area contributed by atoms with Crippen molar-refractivity contribution >= 4 is 11.7 Å². The van der Waals surface area contributed by atoms with Crippen molar-refractivity contribution in [3.63, 3.8) is 0 Å². The van der Waals surface area contributed by atoms with Gasteiger partial charge in [0, 0.05) is 12.6 Å². The average molecular weight is 267 g/mol. The van der Waals surface area contributed by atoms with Gasteiger partial charge in [-0.05, 0) is 38.8 Å². The third-order valence-electron chi connectivity index (χ3n) is 3.29. The molecule has 2 N–H and O–H groups in total. The lowest BCUT2D eigenvalue weighted by Crippen LogP contribution is -2.40. The van der Waals surface area contributed by atoms with Crippen LogP contribution in [0.4, 0.5) is 10.1 Å². The average Bonchev–Trinajstić information content (AvgIpc) is 2.30. The molecule has 1 aromatic carbocycles. The van der Waals surface area contributed by atoms with Crippen molar-refractivity contribution < 1.29 is 19.0 Å². The number of carbonyl (C=O) groups is 1. The van der Waals surface area contributed by atoms with E-state index in [2.05, 4.69) is 5.32 Å². The maximum atomic E-state index is 13.8. The van der Waals surface area contributed by atoms with Gasteiger partial charge in [-0.3, -0.25) is 0 Å². The molecule has 1 unspecified atom stereocenters. The summed E-state index contributed by atoms with van der Waals surface area (Å²) in [7, 11) is 0. The number of anilines is 1. The maximum Gasteiger partial charge on any atom is 0.337 e. The van der Waals surface area contributed by atoms with E-state index < -0.39 is 11.8 Å². The van der Waals surface area contributed by atoms with Crippen LogP contribution in [0, 0.1) is 5.82 Å². The molecular weight excluding hydrogens is 249 g/mol. The summed E-state index contributed by atoms with van der Waals surface area (Å²) in [5.74, 6) is -1.67. The lowest BCUT2D eigenvalue weighted by Gasteiger charge is -2.36. The van der Waals surface area contributed by atoms with Gasteiger partial charge in [-0.2, -0.15) is 0 Å². The van der Waals surface area contributed by atoms with E-state index in [9.17, 15) is 9.18 Å². The molecule has 5 heteroatoms. The molecule has 4 nitrogen and oxygen atoms in total. The molecule has 19 heavy (non-hydrogen) atoms. The maximum absolute atomic E-state index is 13.8. The highest BCUT2D eigenvalue weighted by molar-refractivity contribution is 5.94. The quantitative estimate of drug-likeness (QED) is 0.884. The van der Waals surface area contributed by atoms with Crippen LogP contribution in [0.3, 0.4) is 0 Å². The van der Waals surface area contributed by atoms with Crippen LogP contribution in [0.25, 0.3) is 0 Å². The number of rotatable bonds is 3. The van der Waals surface area contributed by atoms with Crippen LogP contribution in [0.5, 0.6) is 0 Å². The van der Waals surface area contributed by atoms with Crippen LogP contribution in [0.1, 0.15) is 37.0 Å². The van der Waals surface area contributed by atoms with Gasteiger partial charge >= 0.3 is 5.97 Å². The summed E-state index contributed by atoms with van der Waals surface area (Å²) in [4.78, 5) is 11.1. The third kappa shape index (κ3) is 3.23. The summed E-state index contributed by atoms with van der Waals surface area (Å²) in [6, 6.07) is 4.08. The highest BCUT2D eigenvalue weighted by Crippen LogP contribution is 2.28. The summed E-state index contributed by atoms with van der Waals surface area (Å²) >= 11 is 0. The first kappa shape index (κ1) is 13.8. The van der Waals surface area contributed by atoms with Crippen molar-refractivity contribution in [1.82, 2.24) is 0 Å². The Morgan fingerprint density at radius 3 is 2.89 bits per heavy atom. The van der Waals surface area contributed by atoms with Gasteiger partial charge in [0.1, 0.15) is 5.82 Å². The molecule has 0 radical (unpaired) electrons. The molecule has 1 aliphatic rings. The Balaban J connectivity index is 2.21. The number of ether oxygens (including phenoxy) is 1. The fourth-order valence-electron chi connectivity index (χ4n) is 2.41. The first-order valence-corrected chi connectivity index (χ1v) is 6.31. The van der Waals surface area contributed by atoms with Crippen LogP contribution < -0.4 is 5.32 Å². The monoisotopic (exact) mass is 267 g/mol. The second kappa shape index (κ2) is 5.17. The normalized spacial score (nSPS) is 21.9. The number of para-hydroxylation sites is 1. The van der Waals surface area contributed by atoms with E-state index in [0.717, 1.165) is 6.42 Å². The van der Waals surface area contributed by atoms with Gasteiger partial charge in [0.15, 0.2) is 0 Å². The smallest absolute Gasteiger partial charge is 0.337 e. The standard InChI is InChI=1S/C14H18FNO3/c1-14(2)8-9(6-7-19-14)16-12-10(13(17)18)4-3-5-11(12)15/h3-5,9,16H,6-8H2,1-2H3,(H,17,18). The Hall–Kier alpha value is -1.62. The fourth-order valence-corrected chi connectivity index (χ4v) is 2.41. The molecule has 2 rings (SSSR count). The summed E-state index contributed by atoms with van der Waals surface area (Å²) in [6.07, 6.45) is 1.44. The molecule has 1 saturated heterocycles. The van der Waals surface area contributed by atoms with E-state index >= 15 is 0 Å². The molecule has 0 aliphatic carbocycles. The van der Waals surface area contributed by atoms with Crippen LogP contribution >= 0.6 is 0 Å². The summed E-state index contributed by atoms with van der Waals surface area (Å²) in [5, 5.41) is 12.1. The van der Waals surface area contributed by atoms with E-state index in [1.54, 1.807) is 0 Å². The van der Waals surface area contributed by atoms with Gasteiger partial charge in [-0.25, -0.2) is 9.18 Å². The van der Waals surface area contributed by atoms with Gasteiger partial charge in [-0.1, -0.05) is 6.07 Å². The molecule has 0 spiro atoms. The molecule has 1 fully saturated rings. The Morgan fingerprint density at radius 2 is 2.26 bits per heavy atom. The van der Waals surface area contributed by atoms with Crippen LogP contribution in [0.2, 0.25) is 0 Å². The minimum Gasteiger partial charge on any atom is -0.478 e. The number of benzene rings is 1. The van der Waals surface area contributed by atoms with E-state index in [0.29, 0.717) is 13.0 Å². The first-order chi connectivity index (χ1) is 8.89. The van der Waals surface area contributed by atoms with Gasteiger partial charge in [-0.15, -0.1) is 0 Å². The molecule has 0 saturated carbocycles. The summed E-state index contributed by atoms with van der Waals surface area (Å²) in [6.45, 7) is 4.53. The van der Waals surface area contributed by atoms with Gasteiger partial charge < -0.3 is 15.2 Å². The van der Waals surface area contributed by atoms with Crippen LogP contribution in [-0.4, -0.2) is 29.3 Å². The summed E-state index contributed by atoms with van der Waals surface area (Å²) < 4.78 is 19.4. The van der Waals surface area contributed by atoms with Gasteiger partial charge in [0.2, 0.25) is 0 Å². The SMILES string of the molecule is CC1(C)CC(Nc2c(F)cccc2C(=O)O)CCO1. The zero-order valence-corrected chi connectivity index (χ0v) is 11.1. The fraction of sp³-hybridized carbons (Fsp3) is 0.500. The third-order valence-corrected chi connectivity index (χ3v) is 3.29. The molecule has 1 aromatic rings. The van der Waals surface area contributed by atoms with Gasteiger partial charge in [0.25, 0.3) is 0 Å². The van der Waals surface area contributed by atoms with Crippen LogP contribution in [-0.2, 0) is 4.74 Å². The number of halogens is 1. The van der Waals surface area contributed by atoms with Gasteiger partial charge in [0.05, 0.1) is 16.9 Å². The number of hydrogen-bond acceptors (Lipinski definition) is 3. The first-order valence-electron chi connectivity index (χ1n) is 6.31. The number of aromatic carboxylic acids is 1. The lowest BCUT2D eigenvalue weighted by atomic mass is 9.93. The largest absolute Gasteiger partial charge is 0.478 e. The minimum atomic E-state index is -1.13. The molecule has 1 atom stereocenters. The number of carboxylic acid groups (broad SMARTS) is 1. The Morgan fingerprint density at radius 1 is 1.53 bits per heavy atom. The van der Waals surface area contributed by atoms with Crippen LogP contribution in [0.15, 0.2) is 18.2 Å². The Kier molecular flexibility index (Phi) is 3.75. The lowest BCUT2D eigenvalue weighted by molar-refractivity contribution is -0.0553. The second-order valence-corrected chi connectivity index (χ2v) is 5.41. The predicted octanol–water partition coefficient (Wildman–Crippen LogP) is 2.89. The Bertz CT molecular complexity index is 488. The molecule has 1 aliphatic heterocycles. The summed E-state index contributed by atoms with van der Waals surface area (Å²) in [5.41, 5.74) is -0.244. The minimum absolute atomic E-state index is 0.0127. The van der Waals surface area contributed by atoms with Crippen molar-refractivity contribution in [2.24, 2.45) is 0 Å². The van der Waals surface area contributed by atoms with Crippen molar-refractivity contribution in [2.45, 2.75) is 38.3 Å². The molecule has 104 valence electrons. The highest BCUT2D eigenvalue weighted by Gasteiger charge is 2.30. The van der Waals surface area contributed by atoms with Crippen molar-refractivity contribution in [3.05, 3.63) is 29.6 Å². The van der Waals surface area contributed by atoms with E-state index in [-0.39, 0.29) is 22.9 Å². The van der Waals surface area contributed by atoms with Crippen molar-refractivity contribution in [2.75, 3.05) is 11.9 Å². The molecular formula is C14H18FNO3. The topological polar surface area (TPSA) is 58.6 Å². The molecule has 0 bridgehead atoms. The van der Waals surface area contributed by atoms with Crippen molar-refractivity contribution in [3.8, 4) is 0 Å².